The van der Waals surface area contributed by atoms with Gasteiger partial charge < -0.3 is 25.2 Å². The van der Waals surface area contributed by atoms with E-state index < -0.39 is 0 Å². The maximum atomic E-state index is 12.5. The van der Waals surface area contributed by atoms with Crippen molar-refractivity contribution in [2.45, 2.75) is 19.3 Å². The zero-order valence-electron chi connectivity index (χ0n) is 16.7. The number of piperidine rings is 1. The Bertz CT molecular complexity index is 913. The Hall–Kier alpha value is -2.77. The van der Waals surface area contributed by atoms with E-state index >= 15 is 0 Å². The van der Waals surface area contributed by atoms with Crippen molar-refractivity contribution in [1.82, 2.24) is 4.90 Å². The van der Waals surface area contributed by atoms with E-state index in [9.17, 15) is 9.59 Å². The van der Waals surface area contributed by atoms with Gasteiger partial charge in [0.2, 0.25) is 0 Å². The molecule has 2 aliphatic rings. The first-order valence-electron chi connectivity index (χ1n) is 10.2. The van der Waals surface area contributed by atoms with Gasteiger partial charge in [0.25, 0.3) is 5.91 Å². The Morgan fingerprint density at radius 1 is 0.967 bits per heavy atom. The third kappa shape index (κ3) is 5.04. The van der Waals surface area contributed by atoms with Crippen LogP contribution in [0.15, 0.2) is 42.5 Å². The summed E-state index contributed by atoms with van der Waals surface area (Å²) in [5.74, 6) is 0.583. The molecule has 7 nitrogen and oxygen atoms in total. The van der Waals surface area contributed by atoms with Crippen LogP contribution in [0.25, 0.3) is 0 Å². The summed E-state index contributed by atoms with van der Waals surface area (Å²) in [4.78, 5) is 29.0. The number of amides is 3. The first-order chi connectivity index (χ1) is 14.6. The highest BCUT2D eigenvalue weighted by Gasteiger charge is 2.26. The average Bonchev–Trinajstić information content (AvgIpc) is 2.75. The molecule has 2 N–H and O–H groups in total. The fraction of sp³-hybridized carbons (Fsp3) is 0.364. The number of hydrogen-bond acceptors (Lipinski definition) is 4. The van der Waals surface area contributed by atoms with Crippen LogP contribution < -0.4 is 20.3 Å². The number of halogens is 1. The summed E-state index contributed by atoms with van der Waals surface area (Å²) in [5, 5.41) is 6.17. The zero-order chi connectivity index (χ0) is 20.9. The Labute approximate surface area is 180 Å². The van der Waals surface area contributed by atoms with Gasteiger partial charge in [0.05, 0.1) is 5.69 Å². The van der Waals surface area contributed by atoms with E-state index in [0.29, 0.717) is 34.4 Å². The summed E-state index contributed by atoms with van der Waals surface area (Å²) >= 11 is 5.87. The lowest BCUT2D eigenvalue weighted by Crippen LogP contribution is -2.44. The number of nitrogens with one attached hydrogen (secondary N) is 2. The lowest BCUT2D eigenvalue weighted by Gasteiger charge is -2.33. The van der Waals surface area contributed by atoms with Gasteiger partial charge in [0.1, 0.15) is 5.75 Å². The number of nitrogens with zero attached hydrogens (tertiary/aromatic N) is 2. The van der Waals surface area contributed by atoms with Gasteiger partial charge in [-0.25, -0.2) is 4.79 Å². The molecule has 0 saturated carbocycles. The van der Waals surface area contributed by atoms with E-state index in [-0.39, 0.29) is 18.5 Å². The number of benzene rings is 2. The highest BCUT2D eigenvalue weighted by Crippen LogP contribution is 2.34. The number of ether oxygens (including phenoxy) is 1. The van der Waals surface area contributed by atoms with Crippen molar-refractivity contribution in [3.05, 3.63) is 47.5 Å². The third-order valence-electron chi connectivity index (χ3n) is 5.35. The molecule has 0 bridgehead atoms. The van der Waals surface area contributed by atoms with Gasteiger partial charge in [-0.1, -0.05) is 18.0 Å². The van der Waals surface area contributed by atoms with Crippen molar-refractivity contribution < 1.29 is 14.3 Å². The van der Waals surface area contributed by atoms with Crippen LogP contribution >= 0.6 is 11.6 Å². The van der Waals surface area contributed by atoms with Crippen molar-refractivity contribution in [3.8, 4) is 5.75 Å². The summed E-state index contributed by atoms with van der Waals surface area (Å²) in [6.07, 6.45) is 3.71. The lowest BCUT2D eigenvalue weighted by molar-refractivity contribution is -0.121. The van der Waals surface area contributed by atoms with Gasteiger partial charge in [-0.05, 0) is 68.4 Å². The molecule has 30 heavy (non-hydrogen) atoms. The fourth-order valence-electron chi connectivity index (χ4n) is 3.78. The molecule has 4 rings (SSSR count). The molecule has 2 aromatic rings. The number of carbonyl (C=O) groups is 2. The molecule has 0 unspecified atom stereocenters. The van der Waals surface area contributed by atoms with Crippen molar-refractivity contribution in [2.75, 3.05) is 48.3 Å². The van der Waals surface area contributed by atoms with Crippen molar-refractivity contribution in [2.24, 2.45) is 0 Å². The van der Waals surface area contributed by atoms with Crippen molar-refractivity contribution in [3.63, 3.8) is 0 Å². The minimum Gasteiger partial charge on any atom is -0.482 e. The molecule has 0 aromatic heterocycles. The first kappa shape index (κ1) is 20.5. The predicted molar refractivity (Wildman–Crippen MR) is 119 cm³/mol. The second-order valence-electron chi connectivity index (χ2n) is 7.50. The number of likely N-dealkylation sites (tertiary alicyclic amines) is 1. The number of rotatable bonds is 5. The second kappa shape index (κ2) is 9.36. The molecule has 158 valence electrons. The average molecular weight is 429 g/mol. The number of hydrogen-bond donors (Lipinski definition) is 2. The molecule has 2 aromatic carbocycles. The summed E-state index contributed by atoms with van der Waals surface area (Å²) in [6, 6.07) is 11.8. The van der Waals surface area contributed by atoms with Gasteiger partial charge in [0, 0.05) is 29.5 Å². The van der Waals surface area contributed by atoms with Gasteiger partial charge in [0.15, 0.2) is 6.61 Å². The van der Waals surface area contributed by atoms with Gasteiger partial charge in [-0.3, -0.25) is 4.79 Å². The molecule has 1 fully saturated rings. The maximum absolute atomic E-state index is 12.5. The van der Waals surface area contributed by atoms with E-state index in [4.69, 9.17) is 16.3 Å². The van der Waals surface area contributed by atoms with Crippen molar-refractivity contribution >= 4 is 40.6 Å². The molecule has 0 atom stereocenters. The summed E-state index contributed by atoms with van der Waals surface area (Å²) < 4.78 is 5.58. The molecular weight excluding hydrogens is 404 g/mol. The number of carbonyl (C=O) groups excluding carboxylic acids is 2. The topological polar surface area (TPSA) is 73.9 Å². The zero-order valence-corrected chi connectivity index (χ0v) is 17.5. The predicted octanol–water partition coefficient (Wildman–Crippen LogP) is 4.20. The normalized spacial score (nSPS) is 16.6. The Morgan fingerprint density at radius 2 is 1.67 bits per heavy atom. The van der Waals surface area contributed by atoms with Crippen LogP contribution in [0.5, 0.6) is 5.75 Å². The number of anilines is 3. The monoisotopic (exact) mass is 428 g/mol. The van der Waals surface area contributed by atoms with Crippen molar-refractivity contribution in [1.29, 1.82) is 0 Å². The molecule has 0 aliphatic carbocycles. The Kier molecular flexibility index (Phi) is 6.40. The Balaban J connectivity index is 1.43. The third-order valence-corrected chi connectivity index (χ3v) is 5.60. The van der Waals surface area contributed by atoms with Gasteiger partial charge in [-0.15, -0.1) is 0 Å². The van der Waals surface area contributed by atoms with E-state index in [0.717, 1.165) is 19.6 Å². The van der Waals surface area contributed by atoms with Crippen LogP contribution in [0.4, 0.5) is 21.9 Å². The molecule has 3 amide bonds. The number of fused-ring (bicyclic) bond motifs is 1. The van der Waals surface area contributed by atoms with Gasteiger partial charge in [-0.2, -0.15) is 0 Å². The molecule has 1 saturated heterocycles. The second-order valence-corrected chi connectivity index (χ2v) is 7.94. The molecule has 0 radical (unpaired) electrons. The van der Waals surface area contributed by atoms with Gasteiger partial charge >= 0.3 is 6.03 Å². The Morgan fingerprint density at radius 3 is 2.43 bits per heavy atom. The summed E-state index contributed by atoms with van der Waals surface area (Å²) in [5.41, 5.74) is 1.91. The minimum absolute atomic E-state index is 0.0385. The standard InChI is InChI=1S/C22H25ClN4O3/c23-16-4-6-17(7-5-16)24-22(29)25-18-8-9-20-19(14-18)27(21(28)15-30-20)13-12-26-10-2-1-3-11-26/h4-9,14H,1-3,10-13,15H2,(H2,24,25,29). The van der Waals surface area contributed by atoms with Crippen LogP contribution in [0.2, 0.25) is 5.02 Å². The molecular formula is C22H25ClN4O3. The first-order valence-corrected chi connectivity index (χ1v) is 10.6. The minimum atomic E-state index is -0.375. The van der Waals surface area contributed by atoms with Crippen LogP contribution in [0.3, 0.4) is 0 Å². The molecule has 2 aliphatic heterocycles. The van der Waals surface area contributed by atoms with E-state index in [2.05, 4.69) is 15.5 Å². The van der Waals surface area contributed by atoms with E-state index in [1.807, 2.05) is 0 Å². The lowest BCUT2D eigenvalue weighted by atomic mass is 10.1. The quantitative estimate of drug-likeness (QED) is 0.748. The smallest absolute Gasteiger partial charge is 0.323 e. The highest BCUT2D eigenvalue weighted by atomic mass is 35.5. The van der Waals surface area contributed by atoms with Crippen LogP contribution in [0.1, 0.15) is 19.3 Å². The number of urea groups is 1. The fourth-order valence-corrected chi connectivity index (χ4v) is 3.90. The van der Waals surface area contributed by atoms with E-state index in [1.54, 1.807) is 47.4 Å². The largest absolute Gasteiger partial charge is 0.482 e. The molecule has 8 heteroatoms. The molecule has 2 heterocycles. The summed E-state index contributed by atoms with van der Waals surface area (Å²) in [6.45, 7) is 3.64. The van der Waals surface area contributed by atoms with Crippen LogP contribution in [0, 0.1) is 0 Å². The maximum Gasteiger partial charge on any atom is 0.323 e. The molecule has 0 spiro atoms. The highest BCUT2D eigenvalue weighted by molar-refractivity contribution is 6.30. The van der Waals surface area contributed by atoms with Crippen LogP contribution in [-0.4, -0.2) is 49.6 Å². The van der Waals surface area contributed by atoms with E-state index in [1.165, 1.54) is 19.3 Å². The van der Waals surface area contributed by atoms with Crippen LogP contribution in [-0.2, 0) is 4.79 Å². The summed E-state index contributed by atoms with van der Waals surface area (Å²) in [7, 11) is 0. The SMILES string of the molecule is O=C(Nc1ccc(Cl)cc1)Nc1ccc2c(c1)N(CCN1CCCCC1)C(=O)CO2.